The number of carbonyl (C=O) groups is 1. The van der Waals surface area contributed by atoms with Gasteiger partial charge >= 0.3 is 0 Å². The summed E-state index contributed by atoms with van der Waals surface area (Å²) in [6, 6.07) is 0. The quantitative estimate of drug-likeness (QED) is 0.682. The van der Waals surface area contributed by atoms with Crippen molar-refractivity contribution < 1.29 is 14.6 Å². The number of ether oxygens (including phenoxy) is 1. The second kappa shape index (κ2) is 7.67. The Morgan fingerprint density at radius 3 is 2.47 bits per heavy atom. The Hall–Kier alpha value is -0.610. The van der Waals surface area contributed by atoms with Gasteiger partial charge in [-0.1, -0.05) is 20.8 Å². The molecule has 0 radical (unpaired) electrons. The molecule has 17 heavy (non-hydrogen) atoms. The van der Waals surface area contributed by atoms with E-state index in [1.165, 1.54) is 0 Å². The lowest BCUT2D eigenvalue weighted by molar-refractivity contribution is -0.123. The van der Waals surface area contributed by atoms with E-state index in [1.807, 2.05) is 6.92 Å². The number of hydrogen-bond donors (Lipinski definition) is 2. The normalized spacial score (nSPS) is 16.6. The van der Waals surface area contributed by atoms with Crippen molar-refractivity contribution in [3.63, 3.8) is 0 Å². The Morgan fingerprint density at radius 1 is 1.41 bits per heavy atom. The molecule has 4 nitrogen and oxygen atoms in total. The number of rotatable bonds is 8. The number of carbonyl (C=O) groups excluding carboxylic acids is 1. The molecule has 0 saturated heterocycles. The molecule has 0 heterocycles. The molecule has 0 rings (SSSR count). The first-order chi connectivity index (χ1) is 7.76. The number of methoxy groups -OCH3 is 1. The van der Waals surface area contributed by atoms with Gasteiger partial charge in [0.25, 0.3) is 0 Å². The summed E-state index contributed by atoms with van der Waals surface area (Å²) in [5, 5.41) is 12.8. The molecule has 0 aromatic carbocycles. The van der Waals surface area contributed by atoms with E-state index in [1.54, 1.807) is 14.0 Å². The fourth-order valence-electron chi connectivity index (χ4n) is 1.97. The van der Waals surface area contributed by atoms with Gasteiger partial charge in [0, 0.05) is 26.7 Å². The molecule has 2 unspecified atom stereocenters. The van der Waals surface area contributed by atoms with Gasteiger partial charge in [0.15, 0.2) is 0 Å². The van der Waals surface area contributed by atoms with E-state index in [0.717, 1.165) is 0 Å². The minimum absolute atomic E-state index is 0.0291. The van der Waals surface area contributed by atoms with Crippen LogP contribution in [-0.2, 0) is 9.53 Å². The van der Waals surface area contributed by atoms with Gasteiger partial charge in [0.05, 0.1) is 5.60 Å². The predicted molar refractivity (Wildman–Crippen MR) is 68.7 cm³/mol. The average molecular weight is 245 g/mol. The van der Waals surface area contributed by atoms with Crippen LogP contribution in [-0.4, -0.2) is 36.9 Å². The standard InChI is InChI=1S/C13H27NO3/c1-10(2)7-13(4,16)9-14-12(15)6-11(3)8-17-5/h10-11,16H,6-9H2,1-5H3,(H,14,15). The van der Waals surface area contributed by atoms with Gasteiger partial charge in [-0.15, -0.1) is 0 Å². The van der Waals surface area contributed by atoms with Crippen LogP contribution in [0.3, 0.4) is 0 Å². The summed E-state index contributed by atoms with van der Waals surface area (Å²) >= 11 is 0. The van der Waals surface area contributed by atoms with Crippen LogP contribution in [0.1, 0.15) is 40.5 Å². The van der Waals surface area contributed by atoms with Crippen LogP contribution >= 0.6 is 0 Å². The maximum absolute atomic E-state index is 11.6. The van der Waals surface area contributed by atoms with Crippen molar-refractivity contribution in [3.05, 3.63) is 0 Å². The van der Waals surface area contributed by atoms with Gasteiger partial charge < -0.3 is 15.2 Å². The molecule has 0 aliphatic heterocycles. The topological polar surface area (TPSA) is 58.6 Å². The summed E-state index contributed by atoms with van der Waals surface area (Å²) in [6.07, 6.45) is 1.12. The lowest BCUT2D eigenvalue weighted by atomic mass is 9.94. The molecule has 1 amide bonds. The van der Waals surface area contributed by atoms with E-state index in [9.17, 15) is 9.90 Å². The first-order valence-electron chi connectivity index (χ1n) is 6.25. The summed E-state index contributed by atoms with van der Waals surface area (Å²) in [7, 11) is 1.63. The smallest absolute Gasteiger partial charge is 0.220 e. The Labute approximate surface area is 105 Å². The van der Waals surface area contributed by atoms with Gasteiger partial charge in [-0.05, 0) is 25.2 Å². The Morgan fingerprint density at radius 2 is 2.00 bits per heavy atom. The Balaban J connectivity index is 3.90. The minimum Gasteiger partial charge on any atom is -0.388 e. The molecule has 0 aromatic heterocycles. The molecule has 4 heteroatoms. The zero-order valence-corrected chi connectivity index (χ0v) is 11.7. The zero-order valence-electron chi connectivity index (χ0n) is 11.7. The van der Waals surface area contributed by atoms with Gasteiger partial charge in [0.2, 0.25) is 5.91 Å². The number of nitrogens with one attached hydrogen (secondary N) is 1. The summed E-state index contributed by atoms with van der Waals surface area (Å²) in [6.45, 7) is 8.72. The highest BCUT2D eigenvalue weighted by atomic mass is 16.5. The van der Waals surface area contributed by atoms with E-state index in [0.29, 0.717) is 31.9 Å². The van der Waals surface area contributed by atoms with Crippen molar-refractivity contribution in [3.8, 4) is 0 Å². The summed E-state index contributed by atoms with van der Waals surface area (Å²) in [4.78, 5) is 11.6. The average Bonchev–Trinajstić information content (AvgIpc) is 2.13. The highest BCUT2D eigenvalue weighted by Gasteiger charge is 2.22. The summed E-state index contributed by atoms with van der Waals surface area (Å²) < 4.78 is 4.97. The first kappa shape index (κ1) is 16.4. The fraction of sp³-hybridized carbons (Fsp3) is 0.923. The molecule has 2 N–H and O–H groups in total. The molecule has 0 aromatic rings. The molecule has 0 aliphatic carbocycles. The Bertz CT molecular complexity index is 227. The largest absolute Gasteiger partial charge is 0.388 e. The molecule has 0 aliphatic rings. The number of hydrogen-bond acceptors (Lipinski definition) is 3. The molecular weight excluding hydrogens is 218 g/mol. The van der Waals surface area contributed by atoms with Crippen molar-refractivity contribution in [2.75, 3.05) is 20.3 Å². The van der Waals surface area contributed by atoms with Gasteiger partial charge in [-0.25, -0.2) is 0 Å². The molecule has 0 saturated carbocycles. The van der Waals surface area contributed by atoms with Crippen LogP contribution in [0.25, 0.3) is 0 Å². The maximum Gasteiger partial charge on any atom is 0.220 e. The van der Waals surface area contributed by atoms with E-state index in [2.05, 4.69) is 19.2 Å². The SMILES string of the molecule is COCC(C)CC(=O)NCC(C)(O)CC(C)C. The maximum atomic E-state index is 11.6. The lowest BCUT2D eigenvalue weighted by Crippen LogP contribution is -2.41. The minimum atomic E-state index is -0.825. The monoisotopic (exact) mass is 245 g/mol. The van der Waals surface area contributed by atoms with Crippen molar-refractivity contribution >= 4 is 5.91 Å². The van der Waals surface area contributed by atoms with Gasteiger partial charge in [-0.2, -0.15) is 0 Å². The molecule has 102 valence electrons. The Kier molecular flexibility index (Phi) is 7.39. The van der Waals surface area contributed by atoms with E-state index in [4.69, 9.17) is 4.74 Å². The van der Waals surface area contributed by atoms with Crippen molar-refractivity contribution in [1.29, 1.82) is 0 Å². The highest BCUT2D eigenvalue weighted by molar-refractivity contribution is 5.76. The molecular formula is C13H27NO3. The van der Waals surface area contributed by atoms with E-state index in [-0.39, 0.29) is 11.8 Å². The molecule has 0 spiro atoms. The highest BCUT2D eigenvalue weighted by Crippen LogP contribution is 2.15. The van der Waals surface area contributed by atoms with Crippen LogP contribution < -0.4 is 5.32 Å². The zero-order chi connectivity index (χ0) is 13.5. The number of amides is 1. The van der Waals surface area contributed by atoms with Crippen LogP contribution in [0.2, 0.25) is 0 Å². The van der Waals surface area contributed by atoms with Crippen LogP contribution in [0.5, 0.6) is 0 Å². The first-order valence-corrected chi connectivity index (χ1v) is 6.25. The molecule has 0 fully saturated rings. The van der Waals surface area contributed by atoms with Crippen LogP contribution in [0.15, 0.2) is 0 Å². The van der Waals surface area contributed by atoms with Gasteiger partial charge in [0.1, 0.15) is 0 Å². The second-order valence-corrected chi connectivity index (χ2v) is 5.64. The third kappa shape index (κ3) is 9.12. The predicted octanol–water partition coefficient (Wildman–Crippen LogP) is 1.57. The summed E-state index contributed by atoms with van der Waals surface area (Å²) in [5.41, 5.74) is -0.825. The fourth-order valence-corrected chi connectivity index (χ4v) is 1.97. The van der Waals surface area contributed by atoms with Crippen molar-refractivity contribution in [2.24, 2.45) is 11.8 Å². The molecule has 2 atom stereocenters. The van der Waals surface area contributed by atoms with E-state index < -0.39 is 5.60 Å². The van der Waals surface area contributed by atoms with Crippen LogP contribution in [0, 0.1) is 11.8 Å². The lowest BCUT2D eigenvalue weighted by Gasteiger charge is -2.25. The molecule has 0 bridgehead atoms. The third-order valence-electron chi connectivity index (χ3n) is 2.50. The van der Waals surface area contributed by atoms with Crippen molar-refractivity contribution in [2.45, 2.75) is 46.1 Å². The van der Waals surface area contributed by atoms with Gasteiger partial charge in [-0.3, -0.25) is 4.79 Å². The second-order valence-electron chi connectivity index (χ2n) is 5.64. The number of aliphatic hydroxyl groups is 1. The van der Waals surface area contributed by atoms with E-state index >= 15 is 0 Å². The summed E-state index contributed by atoms with van der Waals surface area (Å²) in [5.74, 6) is 0.586. The van der Waals surface area contributed by atoms with Crippen molar-refractivity contribution in [1.82, 2.24) is 5.32 Å². The third-order valence-corrected chi connectivity index (χ3v) is 2.50. The van der Waals surface area contributed by atoms with Crippen LogP contribution in [0.4, 0.5) is 0 Å².